The van der Waals surface area contributed by atoms with Gasteiger partial charge in [0.05, 0.1) is 11.8 Å². The molecule has 4 nitrogen and oxygen atoms in total. The van der Waals surface area contributed by atoms with E-state index < -0.39 is 17.5 Å². The van der Waals surface area contributed by atoms with Crippen LogP contribution in [0, 0.1) is 25.5 Å². The van der Waals surface area contributed by atoms with Crippen molar-refractivity contribution in [3.63, 3.8) is 0 Å². The van der Waals surface area contributed by atoms with Gasteiger partial charge in [0.2, 0.25) is 0 Å². The maximum absolute atomic E-state index is 12.9. The van der Waals surface area contributed by atoms with Gasteiger partial charge in [-0.2, -0.15) is 5.10 Å². The molecule has 0 saturated carbocycles. The molecule has 0 aliphatic carbocycles. The summed E-state index contributed by atoms with van der Waals surface area (Å²) in [6, 6.07) is 4.92. The van der Waals surface area contributed by atoms with Crippen LogP contribution in [-0.2, 0) is 0 Å². The molecule has 0 aliphatic heterocycles. The van der Waals surface area contributed by atoms with Gasteiger partial charge in [0.1, 0.15) is 11.5 Å². The molecule has 0 fully saturated rings. The Balaban J connectivity index is 2.04. The number of nitrogens with zero attached hydrogens (tertiary/aromatic N) is 1. The number of hydrazone groups is 1. The molecule has 0 saturated heterocycles. The second-order valence-corrected chi connectivity index (χ2v) is 4.20. The van der Waals surface area contributed by atoms with E-state index in [0.717, 1.165) is 12.1 Å². The first kappa shape index (κ1) is 13.9. The summed E-state index contributed by atoms with van der Waals surface area (Å²) in [7, 11) is 0. The third kappa shape index (κ3) is 3.09. The van der Waals surface area contributed by atoms with E-state index in [4.69, 9.17) is 4.42 Å². The monoisotopic (exact) mass is 278 g/mol. The molecule has 0 unspecified atom stereocenters. The lowest BCUT2D eigenvalue weighted by atomic mass is 10.2. The highest BCUT2D eigenvalue weighted by Crippen LogP contribution is 2.13. The van der Waals surface area contributed by atoms with Gasteiger partial charge in [-0.3, -0.25) is 4.79 Å². The molecule has 0 aliphatic rings. The fourth-order valence-electron chi connectivity index (χ4n) is 1.67. The topological polar surface area (TPSA) is 54.6 Å². The summed E-state index contributed by atoms with van der Waals surface area (Å²) in [5, 5.41) is 3.68. The van der Waals surface area contributed by atoms with Crippen LogP contribution in [0.25, 0.3) is 0 Å². The number of hydrogen-bond acceptors (Lipinski definition) is 3. The van der Waals surface area contributed by atoms with Crippen LogP contribution >= 0.6 is 0 Å². The fraction of sp³-hybridized carbons (Fsp3) is 0.143. The van der Waals surface area contributed by atoms with Crippen molar-refractivity contribution in [3.05, 3.63) is 58.5 Å². The number of nitrogens with one attached hydrogen (secondary N) is 1. The second-order valence-electron chi connectivity index (χ2n) is 4.20. The Hall–Kier alpha value is -2.50. The van der Waals surface area contributed by atoms with E-state index in [9.17, 15) is 13.6 Å². The lowest BCUT2D eigenvalue weighted by Crippen LogP contribution is -2.17. The van der Waals surface area contributed by atoms with Crippen molar-refractivity contribution in [3.8, 4) is 0 Å². The van der Waals surface area contributed by atoms with Crippen molar-refractivity contribution in [2.24, 2.45) is 5.10 Å². The van der Waals surface area contributed by atoms with Gasteiger partial charge in [0.25, 0.3) is 5.91 Å². The Morgan fingerprint density at radius 2 is 2.00 bits per heavy atom. The minimum Gasteiger partial charge on any atom is -0.466 e. The molecule has 20 heavy (non-hydrogen) atoms. The molecule has 0 radical (unpaired) electrons. The molecule has 0 atom stereocenters. The number of carbonyl (C=O) groups excluding carboxylic acids is 1. The highest BCUT2D eigenvalue weighted by molar-refractivity contribution is 5.95. The highest BCUT2D eigenvalue weighted by atomic mass is 19.2. The zero-order valence-electron chi connectivity index (χ0n) is 10.9. The number of hydrogen-bond donors (Lipinski definition) is 1. The smallest absolute Gasteiger partial charge is 0.274 e. The maximum atomic E-state index is 12.9. The van der Waals surface area contributed by atoms with Crippen LogP contribution in [0.3, 0.4) is 0 Å². The lowest BCUT2D eigenvalue weighted by molar-refractivity contribution is 0.0953. The molecule has 0 spiro atoms. The molecule has 2 aromatic rings. The molecule has 1 amide bonds. The standard InChI is InChI=1S/C14H12F2N2O2/c1-8-5-11(9(2)20-8)14(19)18-17-7-10-3-4-12(15)13(16)6-10/h3-7H,1-2H3,(H,18,19)/b17-7+. The molecule has 0 bridgehead atoms. The third-order valence-corrected chi connectivity index (χ3v) is 2.61. The number of amides is 1. The minimum absolute atomic E-state index is 0.337. The summed E-state index contributed by atoms with van der Waals surface area (Å²) in [4.78, 5) is 11.8. The van der Waals surface area contributed by atoms with E-state index in [1.807, 2.05) is 0 Å². The largest absolute Gasteiger partial charge is 0.466 e. The number of aryl methyl sites for hydroxylation is 2. The van der Waals surface area contributed by atoms with E-state index in [2.05, 4.69) is 10.5 Å². The molecule has 1 aromatic carbocycles. The highest BCUT2D eigenvalue weighted by Gasteiger charge is 2.12. The Bertz CT molecular complexity index is 678. The van der Waals surface area contributed by atoms with Crippen LogP contribution < -0.4 is 5.43 Å². The van der Waals surface area contributed by atoms with Crippen molar-refractivity contribution in [2.45, 2.75) is 13.8 Å². The summed E-state index contributed by atoms with van der Waals surface area (Å²) >= 11 is 0. The molecule has 1 N–H and O–H groups in total. The summed E-state index contributed by atoms with van der Waals surface area (Å²) in [6.07, 6.45) is 1.22. The van der Waals surface area contributed by atoms with E-state index in [1.54, 1.807) is 19.9 Å². The van der Waals surface area contributed by atoms with Crippen LogP contribution in [0.5, 0.6) is 0 Å². The van der Waals surface area contributed by atoms with Crippen LogP contribution in [0.4, 0.5) is 8.78 Å². The molecule has 104 valence electrons. The first-order valence-electron chi connectivity index (χ1n) is 5.83. The van der Waals surface area contributed by atoms with Crippen molar-refractivity contribution < 1.29 is 18.0 Å². The summed E-state index contributed by atoms with van der Waals surface area (Å²) in [5.74, 6) is -1.23. The maximum Gasteiger partial charge on any atom is 0.274 e. The van der Waals surface area contributed by atoms with Crippen molar-refractivity contribution >= 4 is 12.1 Å². The Kier molecular flexibility index (Phi) is 3.93. The second kappa shape index (κ2) is 5.64. The van der Waals surface area contributed by atoms with Gasteiger partial charge in [-0.05, 0) is 37.6 Å². The average molecular weight is 278 g/mol. The predicted molar refractivity (Wildman–Crippen MR) is 69.6 cm³/mol. The summed E-state index contributed by atoms with van der Waals surface area (Å²) < 4.78 is 30.9. The summed E-state index contributed by atoms with van der Waals surface area (Å²) in [5.41, 5.74) is 3.01. The van der Waals surface area contributed by atoms with Gasteiger partial charge >= 0.3 is 0 Å². The predicted octanol–water partition coefficient (Wildman–Crippen LogP) is 2.94. The zero-order valence-corrected chi connectivity index (χ0v) is 10.9. The Labute approximate surface area is 114 Å². The molecule has 2 rings (SSSR count). The van der Waals surface area contributed by atoms with E-state index >= 15 is 0 Å². The number of benzene rings is 1. The molecule has 1 heterocycles. The first-order chi connectivity index (χ1) is 9.47. The average Bonchev–Trinajstić information content (AvgIpc) is 2.73. The number of halogens is 2. The van der Waals surface area contributed by atoms with E-state index in [0.29, 0.717) is 22.6 Å². The van der Waals surface area contributed by atoms with E-state index in [1.165, 1.54) is 12.3 Å². The first-order valence-corrected chi connectivity index (χ1v) is 5.83. The Morgan fingerprint density at radius 3 is 2.60 bits per heavy atom. The quantitative estimate of drug-likeness (QED) is 0.693. The van der Waals surface area contributed by atoms with Gasteiger partial charge in [-0.1, -0.05) is 6.07 Å². The number of furan rings is 1. The normalized spacial score (nSPS) is 11.0. The minimum atomic E-state index is -0.971. The van der Waals surface area contributed by atoms with Gasteiger partial charge in [0.15, 0.2) is 11.6 Å². The Morgan fingerprint density at radius 1 is 1.25 bits per heavy atom. The van der Waals surface area contributed by atoms with Crippen molar-refractivity contribution in [2.75, 3.05) is 0 Å². The van der Waals surface area contributed by atoms with Crippen LogP contribution in [-0.4, -0.2) is 12.1 Å². The number of rotatable bonds is 3. The van der Waals surface area contributed by atoms with Crippen LogP contribution in [0.1, 0.15) is 27.4 Å². The SMILES string of the molecule is Cc1cc(C(=O)N/N=C/c2ccc(F)c(F)c2)c(C)o1. The van der Waals surface area contributed by atoms with Gasteiger partial charge in [-0.15, -0.1) is 0 Å². The van der Waals surface area contributed by atoms with E-state index in [-0.39, 0.29) is 0 Å². The summed E-state index contributed by atoms with van der Waals surface area (Å²) in [6.45, 7) is 3.40. The van der Waals surface area contributed by atoms with Gasteiger partial charge in [-0.25, -0.2) is 14.2 Å². The lowest BCUT2D eigenvalue weighted by Gasteiger charge is -1.98. The molecule has 6 heteroatoms. The van der Waals surface area contributed by atoms with Crippen LogP contribution in [0.15, 0.2) is 33.8 Å². The molecular formula is C14H12F2N2O2. The van der Waals surface area contributed by atoms with Crippen molar-refractivity contribution in [1.29, 1.82) is 0 Å². The number of carbonyl (C=O) groups is 1. The van der Waals surface area contributed by atoms with Gasteiger partial charge < -0.3 is 4.42 Å². The van der Waals surface area contributed by atoms with Crippen molar-refractivity contribution in [1.82, 2.24) is 5.43 Å². The third-order valence-electron chi connectivity index (χ3n) is 2.61. The zero-order chi connectivity index (χ0) is 14.7. The van der Waals surface area contributed by atoms with Gasteiger partial charge in [0, 0.05) is 0 Å². The fourth-order valence-corrected chi connectivity index (χ4v) is 1.67. The van der Waals surface area contributed by atoms with Crippen LogP contribution in [0.2, 0.25) is 0 Å². The molecule has 1 aromatic heterocycles. The molecular weight excluding hydrogens is 266 g/mol.